The SMILES string of the molecule is COc1ccccc1CCN1Cc2cc(NC(=O)OCc3ccccc3)ccc2OCC1=O. The highest BCUT2D eigenvalue weighted by molar-refractivity contribution is 5.85. The van der Waals surface area contributed by atoms with E-state index in [4.69, 9.17) is 14.2 Å². The summed E-state index contributed by atoms with van der Waals surface area (Å²) in [5.41, 5.74) is 3.35. The Hall–Kier alpha value is -4.00. The highest BCUT2D eigenvalue weighted by Gasteiger charge is 2.22. The van der Waals surface area contributed by atoms with Crippen LogP contribution in [-0.2, 0) is 29.1 Å². The molecule has 0 fully saturated rings. The van der Waals surface area contributed by atoms with Crippen molar-refractivity contribution >= 4 is 17.7 Å². The van der Waals surface area contributed by atoms with E-state index >= 15 is 0 Å². The first-order valence-electron chi connectivity index (χ1n) is 10.8. The number of benzene rings is 3. The minimum atomic E-state index is -0.544. The van der Waals surface area contributed by atoms with Crippen LogP contribution in [0, 0.1) is 0 Å². The maximum Gasteiger partial charge on any atom is 0.411 e. The van der Waals surface area contributed by atoms with Crippen molar-refractivity contribution in [3.63, 3.8) is 0 Å². The standard InChI is InChI=1S/C26H26N2O5/c1-31-23-10-6-5-9-20(23)13-14-28-16-21-15-22(11-12-24(21)32-18-25(28)29)27-26(30)33-17-19-7-3-2-4-8-19/h2-12,15H,13-14,16-18H2,1H3,(H,27,30). The van der Waals surface area contributed by atoms with E-state index in [0.29, 0.717) is 30.9 Å². The molecule has 2 amide bonds. The van der Waals surface area contributed by atoms with Crippen molar-refractivity contribution in [1.82, 2.24) is 4.90 Å². The monoisotopic (exact) mass is 446 g/mol. The minimum Gasteiger partial charge on any atom is -0.496 e. The number of para-hydroxylation sites is 1. The molecule has 3 aromatic carbocycles. The van der Waals surface area contributed by atoms with Crippen LogP contribution in [0.25, 0.3) is 0 Å². The van der Waals surface area contributed by atoms with E-state index in [2.05, 4.69) is 5.32 Å². The molecule has 7 nitrogen and oxygen atoms in total. The molecule has 170 valence electrons. The quantitative estimate of drug-likeness (QED) is 0.582. The predicted octanol–water partition coefficient (Wildman–Crippen LogP) is 4.41. The number of carbonyl (C=O) groups is 2. The van der Waals surface area contributed by atoms with E-state index in [0.717, 1.165) is 22.4 Å². The Kier molecular flexibility index (Phi) is 7.09. The molecule has 1 aliphatic rings. The normalized spacial score (nSPS) is 12.9. The summed E-state index contributed by atoms with van der Waals surface area (Å²) in [5.74, 6) is 1.35. The molecule has 0 saturated carbocycles. The lowest BCUT2D eigenvalue weighted by molar-refractivity contribution is -0.133. The topological polar surface area (TPSA) is 77.1 Å². The molecular weight excluding hydrogens is 420 g/mol. The maximum atomic E-state index is 12.6. The summed E-state index contributed by atoms with van der Waals surface area (Å²) in [6.45, 7) is 1.08. The first-order chi connectivity index (χ1) is 16.1. The maximum absolute atomic E-state index is 12.6. The first kappa shape index (κ1) is 22.2. The Morgan fingerprint density at radius 1 is 1.06 bits per heavy atom. The average Bonchev–Trinajstić information content (AvgIpc) is 3.00. The van der Waals surface area contributed by atoms with Gasteiger partial charge in [-0.1, -0.05) is 48.5 Å². The molecule has 33 heavy (non-hydrogen) atoms. The summed E-state index contributed by atoms with van der Waals surface area (Å²) in [4.78, 5) is 26.6. The molecule has 0 aliphatic carbocycles. The molecule has 0 aromatic heterocycles. The van der Waals surface area contributed by atoms with Gasteiger partial charge in [0.25, 0.3) is 5.91 Å². The fourth-order valence-electron chi connectivity index (χ4n) is 3.69. The lowest BCUT2D eigenvalue weighted by Crippen LogP contribution is -2.34. The fourth-order valence-corrected chi connectivity index (χ4v) is 3.69. The lowest BCUT2D eigenvalue weighted by Gasteiger charge is -2.21. The zero-order chi connectivity index (χ0) is 23.0. The van der Waals surface area contributed by atoms with Crippen molar-refractivity contribution in [2.24, 2.45) is 0 Å². The predicted molar refractivity (Wildman–Crippen MR) is 124 cm³/mol. The number of anilines is 1. The molecule has 1 N–H and O–H groups in total. The summed E-state index contributed by atoms with van der Waals surface area (Å²) in [6, 6.07) is 22.6. The summed E-state index contributed by atoms with van der Waals surface area (Å²) < 4.78 is 16.4. The van der Waals surface area contributed by atoms with Crippen molar-refractivity contribution in [3.05, 3.63) is 89.5 Å². The highest BCUT2D eigenvalue weighted by Crippen LogP contribution is 2.27. The van der Waals surface area contributed by atoms with E-state index in [1.165, 1.54) is 0 Å². The number of ether oxygens (including phenoxy) is 3. The summed E-state index contributed by atoms with van der Waals surface area (Å²) in [6.07, 6.45) is 0.118. The van der Waals surface area contributed by atoms with Crippen molar-refractivity contribution in [1.29, 1.82) is 0 Å². The molecule has 1 heterocycles. The van der Waals surface area contributed by atoms with Gasteiger partial charge in [-0.25, -0.2) is 4.79 Å². The number of nitrogens with zero attached hydrogens (tertiary/aromatic N) is 1. The lowest BCUT2D eigenvalue weighted by atomic mass is 10.1. The number of rotatable bonds is 7. The number of carbonyl (C=O) groups excluding carboxylic acids is 2. The third-order valence-electron chi connectivity index (χ3n) is 5.43. The van der Waals surface area contributed by atoms with Gasteiger partial charge in [-0.15, -0.1) is 0 Å². The van der Waals surface area contributed by atoms with Gasteiger partial charge in [0.1, 0.15) is 18.1 Å². The van der Waals surface area contributed by atoms with Gasteiger partial charge in [-0.3, -0.25) is 10.1 Å². The highest BCUT2D eigenvalue weighted by atomic mass is 16.5. The molecule has 7 heteroatoms. The number of nitrogens with one attached hydrogen (secondary N) is 1. The molecule has 3 aromatic rings. The largest absolute Gasteiger partial charge is 0.496 e. The Morgan fingerprint density at radius 3 is 2.67 bits per heavy atom. The molecule has 0 radical (unpaired) electrons. The Balaban J connectivity index is 1.40. The zero-order valence-corrected chi connectivity index (χ0v) is 18.5. The fraction of sp³-hybridized carbons (Fsp3) is 0.231. The van der Waals surface area contributed by atoms with Crippen LogP contribution >= 0.6 is 0 Å². The average molecular weight is 447 g/mol. The van der Waals surface area contributed by atoms with Crippen molar-refractivity contribution in [2.75, 3.05) is 25.6 Å². The Morgan fingerprint density at radius 2 is 1.85 bits per heavy atom. The second kappa shape index (κ2) is 10.5. The molecule has 0 saturated heterocycles. The van der Waals surface area contributed by atoms with E-state index in [1.54, 1.807) is 24.1 Å². The van der Waals surface area contributed by atoms with Gasteiger partial charge in [0.15, 0.2) is 6.61 Å². The van der Waals surface area contributed by atoms with Crippen molar-refractivity contribution < 1.29 is 23.8 Å². The molecule has 0 bridgehead atoms. The summed E-state index contributed by atoms with van der Waals surface area (Å²) in [5, 5.41) is 2.74. The van der Waals surface area contributed by atoms with Gasteiger partial charge in [0, 0.05) is 24.3 Å². The van der Waals surface area contributed by atoms with E-state index in [9.17, 15) is 9.59 Å². The molecule has 0 unspecified atom stereocenters. The van der Waals surface area contributed by atoms with E-state index in [-0.39, 0.29) is 19.1 Å². The van der Waals surface area contributed by atoms with E-state index < -0.39 is 6.09 Å². The van der Waals surface area contributed by atoms with Crippen LogP contribution in [-0.4, -0.2) is 37.2 Å². The van der Waals surface area contributed by atoms with Crippen molar-refractivity contribution in [2.45, 2.75) is 19.6 Å². The first-order valence-corrected chi connectivity index (χ1v) is 10.8. The molecule has 1 aliphatic heterocycles. The van der Waals surface area contributed by atoms with Gasteiger partial charge in [-0.2, -0.15) is 0 Å². The van der Waals surface area contributed by atoms with Gasteiger partial charge in [0.05, 0.1) is 7.11 Å². The van der Waals surface area contributed by atoms with Crippen molar-refractivity contribution in [3.8, 4) is 11.5 Å². The van der Waals surface area contributed by atoms with Gasteiger partial charge in [-0.05, 0) is 41.8 Å². The van der Waals surface area contributed by atoms with Crippen LogP contribution in [0.4, 0.5) is 10.5 Å². The molecular formula is C26H26N2O5. The zero-order valence-electron chi connectivity index (χ0n) is 18.5. The van der Waals surface area contributed by atoms with Crippen LogP contribution in [0.1, 0.15) is 16.7 Å². The summed E-state index contributed by atoms with van der Waals surface area (Å²) in [7, 11) is 1.64. The number of amides is 2. The smallest absolute Gasteiger partial charge is 0.411 e. The van der Waals surface area contributed by atoms with Crippen LogP contribution in [0.3, 0.4) is 0 Å². The second-order valence-electron chi connectivity index (χ2n) is 7.68. The molecule has 4 rings (SSSR count). The Bertz CT molecular complexity index is 1120. The van der Waals surface area contributed by atoms with Crippen LogP contribution in [0.2, 0.25) is 0 Å². The van der Waals surface area contributed by atoms with Gasteiger partial charge in [0.2, 0.25) is 0 Å². The Labute approximate surface area is 192 Å². The van der Waals surface area contributed by atoms with Gasteiger partial charge >= 0.3 is 6.09 Å². The second-order valence-corrected chi connectivity index (χ2v) is 7.68. The molecule has 0 atom stereocenters. The van der Waals surface area contributed by atoms with Crippen LogP contribution in [0.5, 0.6) is 11.5 Å². The number of hydrogen-bond donors (Lipinski definition) is 1. The molecule has 0 spiro atoms. The number of fused-ring (bicyclic) bond motifs is 1. The minimum absolute atomic E-state index is 0.0230. The summed E-state index contributed by atoms with van der Waals surface area (Å²) >= 11 is 0. The van der Waals surface area contributed by atoms with Gasteiger partial charge < -0.3 is 19.1 Å². The van der Waals surface area contributed by atoms with E-state index in [1.807, 2.05) is 60.7 Å². The van der Waals surface area contributed by atoms with Crippen LogP contribution in [0.15, 0.2) is 72.8 Å². The number of methoxy groups -OCH3 is 1. The van der Waals surface area contributed by atoms with Crippen LogP contribution < -0.4 is 14.8 Å². The number of hydrogen-bond acceptors (Lipinski definition) is 5. The third-order valence-corrected chi connectivity index (χ3v) is 5.43. The third kappa shape index (κ3) is 5.83.